The summed E-state index contributed by atoms with van der Waals surface area (Å²) in [6.45, 7) is 1.83. The normalized spacial score (nSPS) is 21.7. The van der Waals surface area contributed by atoms with Gasteiger partial charge in [-0.1, -0.05) is 35.0 Å². The summed E-state index contributed by atoms with van der Waals surface area (Å²) in [4.78, 5) is 16.0. The van der Waals surface area contributed by atoms with Crippen LogP contribution in [0.2, 0.25) is 10.2 Å². The number of halogens is 2. The average molecular weight is 426 g/mol. The fraction of sp³-hybridized carbons (Fsp3) is 0.500. The molecule has 2 aliphatic rings. The molecule has 3 N–H and O–H groups in total. The summed E-state index contributed by atoms with van der Waals surface area (Å²) in [5.41, 5.74) is 6.46. The lowest BCUT2D eigenvalue weighted by molar-refractivity contribution is 0.144. The second kappa shape index (κ2) is 7.62. The number of rotatable bonds is 3. The summed E-state index contributed by atoms with van der Waals surface area (Å²) < 4.78 is 0. The molecule has 6 nitrogen and oxygen atoms in total. The summed E-state index contributed by atoms with van der Waals surface area (Å²) in [6.07, 6.45) is 8.37. The molecule has 1 aliphatic heterocycles. The van der Waals surface area contributed by atoms with Gasteiger partial charge in [0, 0.05) is 24.2 Å². The molecule has 27 heavy (non-hydrogen) atoms. The smallest absolute Gasteiger partial charge is 0.158 e. The molecule has 1 saturated heterocycles. The largest absolute Gasteiger partial charge is 0.393 e. The molecule has 0 amide bonds. The highest BCUT2D eigenvalue weighted by atomic mass is 35.5. The van der Waals surface area contributed by atoms with Gasteiger partial charge in [0.05, 0.1) is 17.3 Å². The first kappa shape index (κ1) is 19.1. The van der Waals surface area contributed by atoms with Gasteiger partial charge in [-0.3, -0.25) is 0 Å². The minimum atomic E-state index is -0.128. The van der Waals surface area contributed by atoms with Gasteiger partial charge in [0.1, 0.15) is 16.0 Å². The number of anilines is 2. The van der Waals surface area contributed by atoms with Gasteiger partial charge in [-0.2, -0.15) is 0 Å². The van der Waals surface area contributed by atoms with Crippen molar-refractivity contribution < 1.29 is 5.11 Å². The van der Waals surface area contributed by atoms with Crippen molar-refractivity contribution in [2.75, 3.05) is 23.7 Å². The molecular formula is C18H21Cl2N5OS. The number of piperidine rings is 1. The summed E-state index contributed by atoms with van der Waals surface area (Å²) in [6, 6.07) is 1.77. The second-order valence-electron chi connectivity index (χ2n) is 7.32. The van der Waals surface area contributed by atoms with Crippen LogP contribution in [-0.2, 0) is 0 Å². The summed E-state index contributed by atoms with van der Waals surface area (Å²) in [5.74, 6) is 1.17. The predicted molar refractivity (Wildman–Crippen MR) is 109 cm³/mol. The van der Waals surface area contributed by atoms with Crippen molar-refractivity contribution in [3.8, 4) is 0 Å². The van der Waals surface area contributed by atoms with Crippen LogP contribution in [0.3, 0.4) is 0 Å². The molecule has 1 atom stereocenters. The monoisotopic (exact) mass is 425 g/mol. The minimum absolute atomic E-state index is 0.128. The maximum Gasteiger partial charge on any atom is 0.158 e. The van der Waals surface area contributed by atoms with Crippen molar-refractivity contribution in [2.45, 2.75) is 48.1 Å². The first-order valence-corrected chi connectivity index (χ1v) is 10.6. The molecule has 2 fully saturated rings. The number of nitrogens with two attached hydrogens (primary N) is 1. The Kier molecular flexibility index (Phi) is 5.38. The lowest BCUT2D eigenvalue weighted by Gasteiger charge is -2.39. The van der Waals surface area contributed by atoms with Gasteiger partial charge in [-0.15, -0.1) is 0 Å². The van der Waals surface area contributed by atoms with Crippen LogP contribution in [0, 0.1) is 5.41 Å². The van der Waals surface area contributed by atoms with E-state index in [0.29, 0.717) is 21.3 Å². The van der Waals surface area contributed by atoms with Crippen molar-refractivity contribution in [1.29, 1.82) is 0 Å². The molecule has 0 radical (unpaired) electrons. The standard InChI is InChI=1S/C18H21Cl2N5OS/c19-14-12(2-6-22-15(14)20)27-17-16(21)24-13(10-23-17)25-7-4-18(5-8-25)3-1-11(26)9-18/h2,6,10-11,26H,1,3-5,7-9H2,(H2,21,24)/t11-/m1/s1. The average Bonchev–Trinajstić information content (AvgIpc) is 3.01. The van der Waals surface area contributed by atoms with Crippen LogP contribution >= 0.6 is 35.0 Å². The molecule has 144 valence electrons. The Balaban J connectivity index is 1.45. The topological polar surface area (TPSA) is 88.2 Å². The molecular weight excluding hydrogens is 405 g/mol. The molecule has 0 aromatic carbocycles. The van der Waals surface area contributed by atoms with Crippen LogP contribution in [0.5, 0.6) is 0 Å². The molecule has 1 spiro atoms. The van der Waals surface area contributed by atoms with Crippen LogP contribution in [0.15, 0.2) is 28.4 Å². The van der Waals surface area contributed by atoms with Gasteiger partial charge in [0.15, 0.2) is 5.82 Å². The third-order valence-corrected chi connectivity index (χ3v) is 7.54. The Morgan fingerprint density at radius 2 is 2.00 bits per heavy atom. The predicted octanol–water partition coefficient (Wildman–Crippen LogP) is 4.04. The fourth-order valence-electron chi connectivity index (χ4n) is 4.04. The van der Waals surface area contributed by atoms with Gasteiger partial charge in [0.25, 0.3) is 0 Å². The molecule has 0 unspecified atom stereocenters. The maximum absolute atomic E-state index is 9.88. The van der Waals surface area contributed by atoms with Crippen molar-refractivity contribution in [3.05, 3.63) is 28.6 Å². The van der Waals surface area contributed by atoms with Crippen molar-refractivity contribution in [3.63, 3.8) is 0 Å². The van der Waals surface area contributed by atoms with Crippen LogP contribution in [0.25, 0.3) is 0 Å². The van der Waals surface area contributed by atoms with Crippen LogP contribution in [0.1, 0.15) is 32.1 Å². The number of hydrogen-bond donors (Lipinski definition) is 2. The number of aliphatic hydroxyl groups is 1. The van der Waals surface area contributed by atoms with E-state index in [1.807, 2.05) is 0 Å². The van der Waals surface area contributed by atoms with Crippen LogP contribution < -0.4 is 10.6 Å². The van der Waals surface area contributed by atoms with Crippen molar-refractivity contribution >= 4 is 46.6 Å². The number of pyridine rings is 1. The number of aliphatic hydroxyl groups excluding tert-OH is 1. The van der Waals surface area contributed by atoms with Gasteiger partial charge in [-0.25, -0.2) is 15.0 Å². The molecule has 2 aromatic heterocycles. The van der Waals surface area contributed by atoms with E-state index in [0.717, 1.165) is 55.9 Å². The number of nitrogen functional groups attached to an aromatic ring is 1. The molecule has 1 saturated carbocycles. The van der Waals surface area contributed by atoms with Gasteiger partial charge < -0.3 is 15.7 Å². The Bertz CT molecular complexity index is 844. The summed E-state index contributed by atoms with van der Waals surface area (Å²) >= 11 is 13.5. The lowest BCUT2D eigenvalue weighted by Crippen LogP contribution is -2.39. The van der Waals surface area contributed by atoms with E-state index in [1.165, 1.54) is 11.8 Å². The van der Waals surface area contributed by atoms with E-state index in [9.17, 15) is 5.11 Å². The number of nitrogens with zero attached hydrogens (tertiary/aromatic N) is 4. The second-order valence-corrected chi connectivity index (χ2v) is 9.08. The zero-order valence-electron chi connectivity index (χ0n) is 14.7. The highest BCUT2D eigenvalue weighted by molar-refractivity contribution is 7.99. The fourth-order valence-corrected chi connectivity index (χ4v) is 5.26. The van der Waals surface area contributed by atoms with Crippen LogP contribution in [0.4, 0.5) is 11.6 Å². The highest BCUT2D eigenvalue weighted by Crippen LogP contribution is 2.46. The Hall–Kier alpha value is -1.28. The molecule has 9 heteroatoms. The minimum Gasteiger partial charge on any atom is -0.393 e. The lowest BCUT2D eigenvalue weighted by atomic mass is 9.77. The molecule has 0 bridgehead atoms. The van der Waals surface area contributed by atoms with Gasteiger partial charge >= 0.3 is 0 Å². The third kappa shape index (κ3) is 3.97. The zero-order chi connectivity index (χ0) is 19.0. The maximum atomic E-state index is 9.88. The third-order valence-electron chi connectivity index (χ3n) is 5.59. The van der Waals surface area contributed by atoms with E-state index in [2.05, 4.69) is 19.9 Å². The molecule has 2 aromatic rings. The quantitative estimate of drug-likeness (QED) is 0.716. The van der Waals surface area contributed by atoms with Gasteiger partial charge in [0.2, 0.25) is 0 Å². The summed E-state index contributed by atoms with van der Waals surface area (Å²) in [7, 11) is 0. The molecule has 3 heterocycles. The van der Waals surface area contributed by atoms with Crippen LogP contribution in [-0.4, -0.2) is 39.3 Å². The van der Waals surface area contributed by atoms with E-state index in [-0.39, 0.29) is 11.3 Å². The Morgan fingerprint density at radius 1 is 1.22 bits per heavy atom. The van der Waals surface area contributed by atoms with E-state index in [1.54, 1.807) is 18.5 Å². The van der Waals surface area contributed by atoms with E-state index in [4.69, 9.17) is 28.9 Å². The van der Waals surface area contributed by atoms with Crippen molar-refractivity contribution in [2.24, 2.45) is 5.41 Å². The van der Waals surface area contributed by atoms with E-state index >= 15 is 0 Å². The van der Waals surface area contributed by atoms with Crippen molar-refractivity contribution in [1.82, 2.24) is 15.0 Å². The zero-order valence-corrected chi connectivity index (χ0v) is 17.1. The Labute approximate surface area is 172 Å². The Morgan fingerprint density at radius 3 is 2.67 bits per heavy atom. The first-order chi connectivity index (χ1) is 13.0. The molecule has 4 rings (SSSR count). The SMILES string of the molecule is Nc1nc(N2CCC3(CC[C@@H](O)C3)CC2)cnc1Sc1ccnc(Cl)c1Cl. The highest BCUT2D eigenvalue weighted by Gasteiger charge is 2.41. The van der Waals surface area contributed by atoms with E-state index < -0.39 is 0 Å². The first-order valence-electron chi connectivity index (χ1n) is 8.99. The summed E-state index contributed by atoms with van der Waals surface area (Å²) in [5, 5.41) is 11.1. The molecule has 1 aliphatic carbocycles. The van der Waals surface area contributed by atoms with Gasteiger partial charge in [-0.05, 0) is 43.6 Å². The number of aromatic nitrogens is 3. The number of hydrogen-bond acceptors (Lipinski definition) is 7.